The summed E-state index contributed by atoms with van der Waals surface area (Å²) in [5, 5.41) is 1.91. The van der Waals surface area contributed by atoms with Crippen molar-refractivity contribution >= 4 is 5.91 Å². The highest BCUT2D eigenvalue weighted by Gasteiger charge is 2.18. The van der Waals surface area contributed by atoms with Crippen LogP contribution in [0, 0.1) is 0 Å². The first-order valence-corrected chi connectivity index (χ1v) is 5.72. The Labute approximate surface area is 100 Å². The molecular weight excluding hydrogens is 220 g/mol. The number of carbonyl (C=O) groups is 1. The summed E-state index contributed by atoms with van der Waals surface area (Å²) in [5.74, 6) is 0.715. The van der Waals surface area contributed by atoms with Gasteiger partial charge in [-0.25, -0.2) is 5.01 Å². The number of hydrogen-bond donors (Lipinski definition) is 2. The van der Waals surface area contributed by atoms with Crippen molar-refractivity contribution in [3.8, 4) is 0 Å². The summed E-state index contributed by atoms with van der Waals surface area (Å²) in [6.45, 7) is 3.86. The monoisotopic (exact) mass is 238 g/mol. The number of nitrogens with zero attached hydrogens (tertiary/aromatic N) is 2. The van der Waals surface area contributed by atoms with Gasteiger partial charge in [-0.15, -0.1) is 0 Å². The van der Waals surface area contributed by atoms with E-state index in [1.165, 1.54) is 0 Å². The van der Waals surface area contributed by atoms with Crippen molar-refractivity contribution in [2.75, 3.05) is 33.2 Å². The van der Waals surface area contributed by atoms with E-state index in [2.05, 4.69) is 17.4 Å². The molecule has 1 aliphatic heterocycles. The van der Waals surface area contributed by atoms with Crippen LogP contribution in [0.5, 0.6) is 0 Å². The Morgan fingerprint density at radius 3 is 2.71 bits per heavy atom. The molecule has 6 nitrogen and oxygen atoms in total. The lowest BCUT2D eigenvalue weighted by Crippen LogP contribution is -2.52. The summed E-state index contributed by atoms with van der Waals surface area (Å²) in [4.78, 5) is 14.0. The Hall–Kier alpha value is -1.37. The smallest absolute Gasteiger partial charge is 0.301 e. The maximum atomic E-state index is 11.8. The van der Waals surface area contributed by atoms with Crippen molar-refractivity contribution < 1.29 is 9.21 Å². The first-order chi connectivity index (χ1) is 8.19. The van der Waals surface area contributed by atoms with E-state index in [4.69, 9.17) is 10.2 Å². The first kappa shape index (κ1) is 12.1. The van der Waals surface area contributed by atoms with Crippen LogP contribution >= 0.6 is 0 Å². The van der Waals surface area contributed by atoms with Crippen molar-refractivity contribution in [2.45, 2.75) is 6.54 Å². The Bertz CT molecular complexity index is 383. The third-order valence-corrected chi connectivity index (χ3v) is 2.85. The normalized spacial score (nSPS) is 18.2. The van der Waals surface area contributed by atoms with Gasteiger partial charge in [0.25, 0.3) is 0 Å². The fourth-order valence-corrected chi connectivity index (χ4v) is 1.73. The van der Waals surface area contributed by atoms with Crippen molar-refractivity contribution in [3.63, 3.8) is 0 Å². The van der Waals surface area contributed by atoms with Crippen LogP contribution < -0.4 is 11.2 Å². The number of nitrogens with one attached hydrogen (secondary N) is 1. The summed E-state index contributed by atoms with van der Waals surface area (Å²) in [5.41, 5.74) is 8.25. The van der Waals surface area contributed by atoms with Crippen LogP contribution in [0.15, 0.2) is 16.5 Å². The molecule has 0 unspecified atom stereocenters. The summed E-state index contributed by atoms with van der Waals surface area (Å²) >= 11 is 0. The number of furan rings is 1. The summed E-state index contributed by atoms with van der Waals surface area (Å²) in [6, 6.07) is 3.37. The van der Waals surface area contributed by atoms with Crippen LogP contribution in [0.3, 0.4) is 0 Å². The number of amides is 1. The minimum absolute atomic E-state index is 0.214. The quantitative estimate of drug-likeness (QED) is 0.751. The van der Waals surface area contributed by atoms with Gasteiger partial charge in [-0.3, -0.25) is 10.2 Å². The van der Waals surface area contributed by atoms with Gasteiger partial charge in [0.15, 0.2) is 5.76 Å². The minimum atomic E-state index is -0.214. The molecule has 94 valence electrons. The highest BCUT2D eigenvalue weighted by Crippen LogP contribution is 2.07. The highest BCUT2D eigenvalue weighted by atomic mass is 16.4. The van der Waals surface area contributed by atoms with E-state index in [0.29, 0.717) is 18.1 Å². The molecular formula is C11H18N4O2. The third-order valence-electron chi connectivity index (χ3n) is 2.85. The molecule has 0 bridgehead atoms. The summed E-state index contributed by atoms with van der Waals surface area (Å²) in [6.07, 6.45) is 0. The van der Waals surface area contributed by atoms with Gasteiger partial charge in [0.2, 0.25) is 0 Å². The average molecular weight is 238 g/mol. The molecule has 1 saturated heterocycles. The molecule has 0 radical (unpaired) electrons. The van der Waals surface area contributed by atoms with E-state index < -0.39 is 0 Å². The fraction of sp³-hybridized carbons (Fsp3) is 0.545. The molecule has 6 heteroatoms. The molecule has 1 aromatic rings. The second-order valence-corrected chi connectivity index (χ2v) is 4.20. The van der Waals surface area contributed by atoms with E-state index >= 15 is 0 Å². The Balaban J connectivity index is 1.88. The lowest BCUT2D eigenvalue weighted by Gasteiger charge is -2.32. The Morgan fingerprint density at radius 1 is 1.41 bits per heavy atom. The molecule has 1 aromatic heterocycles. The lowest BCUT2D eigenvalue weighted by atomic mass is 10.4. The van der Waals surface area contributed by atoms with E-state index in [0.717, 1.165) is 26.2 Å². The van der Waals surface area contributed by atoms with Gasteiger partial charge in [0, 0.05) is 26.2 Å². The number of piperazine rings is 1. The molecule has 1 aliphatic rings. The molecule has 1 amide bonds. The van der Waals surface area contributed by atoms with E-state index in [9.17, 15) is 4.79 Å². The maximum Gasteiger partial charge on any atom is 0.301 e. The largest absolute Gasteiger partial charge is 0.455 e. The zero-order chi connectivity index (χ0) is 12.3. The van der Waals surface area contributed by atoms with Crippen LogP contribution in [-0.4, -0.2) is 49.0 Å². The predicted molar refractivity (Wildman–Crippen MR) is 63.1 cm³/mol. The number of hydrogen-bond acceptors (Lipinski definition) is 5. The maximum absolute atomic E-state index is 11.8. The molecule has 2 rings (SSSR count). The van der Waals surface area contributed by atoms with Gasteiger partial charge < -0.3 is 15.1 Å². The van der Waals surface area contributed by atoms with Gasteiger partial charge in [-0.1, -0.05) is 0 Å². The highest BCUT2D eigenvalue weighted by molar-refractivity contribution is 5.91. The van der Waals surface area contributed by atoms with Crippen LogP contribution in [-0.2, 0) is 6.54 Å². The van der Waals surface area contributed by atoms with Gasteiger partial charge in [-0.05, 0) is 19.2 Å². The number of nitrogens with two attached hydrogens (primary N) is 1. The second kappa shape index (κ2) is 5.31. The number of likely N-dealkylation sites (N-methyl/N-ethyl adjacent to an activating group) is 1. The van der Waals surface area contributed by atoms with Crippen LogP contribution in [0.25, 0.3) is 0 Å². The van der Waals surface area contributed by atoms with Crippen LogP contribution in [0.1, 0.15) is 16.3 Å². The zero-order valence-corrected chi connectivity index (χ0v) is 9.98. The topological polar surface area (TPSA) is 74.7 Å². The molecule has 2 heterocycles. The summed E-state index contributed by atoms with van der Waals surface area (Å²) in [7, 11) is 2.07. The second-order valence-electron chi connectivity index (χ2n) is 4.20. The fourth-order valence-electron chi connectivity index (χ4n) is 1.73. The standard InChI is InChI=1S/C11H18N4O2/c1-14-4-6-15(7-5-14)13-11(16)10-3-2-9(8-12)17-10/h2-3H,4-8,12H2,1H3,(H,13,16). The molecule has 0 atom stereocenters. The van der Waals surface area contributed by atoms with Crippen LogP contribution in [0.2, 0.25) is 0 Å². The molecule has 1 fully saturated rings. The third kappa shape index (κ3) is 3.06. The Morgan fingerprint density at radius 2 is 2.12 bits per heavy atom. The van der Waals surface area contributed by atoms with Gasteiger partial charge >= 0.3 is 5.91 Å². The van der Waals surface area contributed by atoms with Gasteiger partial charge in [-0.2, -0.15) is 0 Å². The van der Waals surface area contributed by atoms with Crippen molar-refractivity contribution in [1.82, 2.24) is 15.3 Å². The minimum Gasteiger partial charge on any atom is -0.455 e. The SMILES string of the molecule is CN1CCN(NC(=O)c2ccc(CN)o2)CC1. The first-order valence-electron chi connectivity index (χ1n) is 5.72. The number of rotatable bonds is 3. The molecule has 0 aromatic carbocycles. The van der Waals surface area contributed by atoms with E-state index in [1.54, 1.807) is 12.1 Å². The average Bonchev–Trinajstić information content (AvgIpc) is 2.81. The van der Waals surface area contributed by atoms with Crippen molar-refractivity contribution in [1.29, 1.82) is 0 Å². The molecule has 17 heavy (non-hydrogen) atoms. The van der Waals surface area contributed by atoms with Crippen molar-refractivity contribution in [3.05, 3.63) is 23.7 Å². The summed E-state index contributed by atoms with van der Waals surface area (Å²) < 4.78 is 5.28. The van der Waals surface area contributed by atoms with E-state index in [1.807, 2.05) is 5.01 Å². The lowest BCUT2D eigenvalue weighted by molar-refractivity contribution is 0.0635. The number of hydrazine groups is 1. The molecule has 0 saturated carbocycles. The number of carbonyl (C=O) groups excluding carboxylic acids is 1. The van der Waals surface area contributed by atoms with Crippen molar-refractivity contribution in [2.24, 2.45) is 5.73 Å². The molecule has 3 N–H and O–H groups in total. The zero-order valence-electron chi connectivity index (χ0n) is 9.98. The van der Waals surface area contributed by atoms with E-state index in [-0.39, 0.29) is 5.91 Å². The molecule has 0 spiro atoms. The van der Waals surface area contributed by atoms with Gasteiger partial charge in [0.05, 0.1) is 6.54 Å². The predicted octanol–water partition coefficient (Wildman–Crippen LogP) is -0.369. The molecule has 0 aliphatic carbocycles. The van der Waals surface area contributed by atoms with Crippen LogP contribution in [0.4, 0.5) is 0 Å². The van der Waals surface area contributed by atoms with Gasteiger partial charge in [0.1, 0.15) is 5.76 Å². The Kier molecular flexibility index (Phi) is 3.78.